The molecule has 0 aliphatic rings. The van der Waals surface area contributed by atoms with Crippen LogP contribution in [0.3, 0.4) is 0 Å². The van der Waals surface area contributed by atoms with Crippen LogP contribution in [-0.4, -0.2) is 18.4 Å². The zero-order valence-electron chi connectivity index (χ0n) is 14.6. The van der Waals surface area contributed by atoms with Crippen molar-refractivity contribution in [2.45, 2.75) is 13.0 Å². The number of carbonyl (C=O) groups excluding carboxylic acids is 2. The van der Waals surface area contributed by atoms with E-state index in [-0.39, 0.29) is 24.4 Å². The number of carbonyl (C=O) groups is 2. The van der Waals surface area contributed by atoms with Crippen molar-refractivity contribution in [3.05, 3.63) is 81.8 Å². The van der Waals surface area contributed by atoms with Crippen molar-refractivity contribution < 1.29 is 9.59 Å². The molecule has 0 aliphatic carbocycles. The molecule has 6 heteroatoms. The summed E-state index contributed by atoms with van der Waals surface area (Å²) in [4.78, 5) is 24.3. The Labute approximate surface area is 167 Å². The highest BCUT2D eigenvalue weighted by Gasteiger charge is 2.13. The van der Waals surface area contributed by atoms with Crippen molar-refractivity contribution >= 4 is 45.8 Å². The minimum Gasteiger partial charge on any atom is -0.348 e. The molecule has 3 aromatic rings. The van der Waals surface area contributed by atoms with Crippen molar-refractivity contribution in [3.8, 4) is 0 Å². The molecule has 0 bridgehead atoms. The Morgan fingerprint density at radius 1 is 0.926 bits per heavy atom. The molecule has 2 N–H and O–H groups in total. The second-order valence-electron chi connectivity index (χ2n) is 6.21. The molecule has 0 aromatic heterocycles. The van der Waals surface area contributed by atoms with Crippen LogP contribution in [0.1, 0.15) is 28.9 Å². The number of benzene rings is 3. The molecule has 0 saturated carbocycles. The van der Waals surface area contributed by atoms with Crippen LogP contribution in [0, 0.1) is 0 Å². The topological polar surface area (TPSA) is 58.2 Å². The standard InChI is InChI=1S/C21H18Cl2N2O2/c1-13(15-7-6-14-4-2-3-5-16(14)10-15)25-20(26)12-24-21(27)17-8-9-18(22)19(23)11-17/h2-11,13H,12H2,1H3,(H,24,27)(H,25,26)/t13-/m0/s1. The number of rotatable bonds is 5. The molecule has 0 radical (unpaired) electrons. The molecule has 0 unspecified atom stereocenters. The molecular weight excluding hydrogens is 383 g/mol. The van der Waals surface area contributed by atoms with Gasteiger partial charge in [-0.05, 0) is 47.5 Å². The summed E-state index contributed by atoms with van der Waals surface area (Å²) in [5.74, 6) is -0.661. The minimum absolute atomic E-state index is 0.128. The highest BCUT2D eigenvalue weighted by molar-refractivity contribution is 6.42. The van der Waals surface area contributed by atoms with Gasteiger partial charge >= 0.3 is 0 Å². The van der Waals surface area contributed by atoms with E-state index in [2.05, 4.69) is 16.7 Å². The van der Waals surface area contributed by atoms with Gasteiger partial charge in [0.15, 0.2) is 0 Å². The van der Waals surface area contributed by atoms with Gasteiger partial charge in [0.25, 0.3) is 5.91 Å². The third-order valence-electron chi connectivity index (χ3n) is 4.24. The van der Waals surface area contributed by atoms with Crippen LogP contribution in [0.2, 0.25) is 10.0 Å². The molecular formula is C21H18Cl2N2O2. The first-order chi connectivity index (χ1) is 12.9. The van der Waals surface area contributed by atoms with Crippen molar-refractivity contribution in [3.63, 3.8) is 0 Å². The van der Waals surface area contributed by atoms with Gasteiger partial charge in [0, 0.05) is 5.56 Å². The Hall–Kier alpha value is -2.56. The van der Waals surface area contributed by atoms with E-state index in [0.29, 0.717) is 15.6 Å². The molecule has 0 fully saturated rings. The van der Waals surface area contributed by atoms with Gasteiger partial charge in [-0.1, -0.05) is 59.6 Å². The summed E-state index contributed by atoms with van der Waals surface area (Å²) in [7, 11) is 0. The molecule has 3 rings (SSSR count). The zero-order chi connectivity index (χ0) is 19.4. The fraction of sp³-hybridized carbons (Fsp3) is 0.143. The van der Waals surface area contributed by atoms with E-state index in [1.807, 2.05) is 43.3 Å². The largest absolute Gasteiger partial charge is 0.348 e. The Morgan fingerprint density at radius 3 is 2.41 bits per heavy atom. The lowest BCUT2D eigenvalue weighted by molar-refractivity contribution is -0.120. The van der Waals surface area contributed by atoms with E-state index in [0.717, 1.165) is 16.3 Å². The van der Waals surface area contributed by atoms with Gasteiger partial charge in [0.05, 0.1) is 22.6 Å². The quantitative estimate of drug-likeness (QED) is 0.648. The van der Waals surface area contributed by atoms with Crippen molar-refractivity contribution in [1.82, 2.24) is 10.6 Å². The highest BCUT2D eigenvalue weighted by Crippen LogP contribution is 2.22. The maximum Gasteiger partial charge on any atom is 0.251 e. The van der Waals surface area contributed by atoms with E-state index in [1.165, 1.54) is 6.07 Å². The van der Waals surface area contributed by atoms with E-state index in [1.54, 1.807) is 12.1 Å². The maximum atomic E-state index is 12.2. The van der Waals surface area contributed by atoms with Crippen LogP contribution in [-0.2, 0) is 4.79 Å². The average molecular weight is 401 g/mol. The summed E-state index contributed by atoms with van der Waals surface area (Å²) in [6.45, 7) is 1.78. The van der Waals surface area contributed by atoms with Crippen LogP contribution < -0.4 is 10.6 Å². The molecule has 138 valence electrons. The fourth-order valence-corrected chi connectivity index (χ4v) is 3.05. The molecule has 0 spiro atoms. The first-order valence-corrected chi connectivity index (χ1v) is 9.21. The number of nitrogens with one attached hydrogen (secondary N) is 2. The van der Waals surface area contributed by atoms with Crippen molar-refractivity contribution in [2.75, 3.05) is 6.54 Å². The van der Waals surface area contributed by atoms with Gasteiger partial charge in [-0.25, -0.2) is 0 Å². The van der Waals surface area contributed by atoms with Gasteiger partial charge in [-0.3, -0.25) is 9.59 Å². The SMILES string of the molecule is C[C@H](NC(=O)CNC(=O)c1ccc(Cl)c(Cl)c1)c1ccc2ccccc2c1. The molecule has 3 aromatic carbocycles. The third-order valence-corrected chi connectivity index (χ3v) is 4.98. The minimum atomic E-state index is -0.387. The van der Waals surface area contributed by atoms with Crippen molar-refractivity contribution in [1.29, 1.82) is 0 Å². The van der Waals surface area contributed by atoms with E-state index >= 15 is 0 Å². The zero-order valence-corrected chi connectivity index (χ0v) is 16.1. The van der Waals surface area contributed by atoms with Gasteiger partial charge < -0.3 is 10.6 Å². The second-order valence-corrected chi connectivity index (χ2v) is 7.02. The van der Waals surface area contributed by atoms with Crippen LogP contribution >= 0.6 is 23.2 Å². The normalized spacial score (nSPS) is 11.8. The highest BCUT2D eigenvalue weighted by atomic mass is 35.5. The summed E-state index contributed by atoms with van der Waals surface area (Å²) in [6.07, 6.45) is 0. The van der Waals surface area contributed by atoms with E-state index < -0.39 is 0 Å². The van der Waals surface area contributed by atoms with Crippen LogP contribution in [0.4, 0.5) is 0 Å². The lowest BCUT2D eigenvalue weighted by Gasteiger charge is -2.15. The molecule has 2 amide bonds. The number of hydrogen-bond acceptors (Lipinski definition) is 2. The number of hydrogen-bond donors (Lipinski definition) is 2. The molecule has 0 aliphatic heterocycles. The summed E-state index contributed by atoms with van der Waals surface area (Å²) in [5, 5.41) is 8.39. The monoisotopic (exact) mass is 400 g/mol. The average Bonchev–Trinajstić information content (AvgIpc) is 2.67. The van der Waals surface area contributed by atoms with Crippen LogP contribution in [0.25, 0.3) is 10.8 Å². The molecule has 27 heavy (non-hydrogen) atoms. The predicted octanol–water partition coefficient (Wildman–Crippen LogP) is 4.75. The summed E-state index contributed by atoms with van der Waals surface area (Å²) in [6, 6.07) is 18.5. The number of halogens is 2. The van der Waals surface area contributed by atoms with Gasteiger partial charge in [0.1, 0.15) is 0 Å². The predicted molar refractivity (Wildman–Crippen MR) is 109 cm³/mol. The fourth-order valence-electron chi connectivity index (χ4n) is 2.75. The number of amides is 2. The number of fused-ring (bicyclic) bond motifs is 1. The second kappa shape index (κ2) is 8.42. The van der Waals surface area contributed by atoms with Crippen molar-refractivity contribution in [2.24, 2.45) is 0 Å². The van der Waals surface area contributed by atoms with Gasteiger partial charge in [0.2, 0.25) is 5.91 Å². The third kappa shape index (κ3) is 4.79. The lowest BCUT2D eigenvalue weighted by Crippen LogP contribution is -2.38. The Balaban J connectivity index is 1.57. The van der Waals surface area contributed by atoms with Crippen LogP contribution in [0.5, 0.6) is 0 Å². The Bertz CT molecular complexity index is 1000. The Kier molecular flexibility index (Phi) is 5.99. The molecule has 4 nitrogen and oxygen atoms in total. The molecule has 0 heterocycles. The van der Waals surface area contributed by atoms with E-state index in [4.69, 9.17) is 23.2 Å². The smallest absolute Gasteiger partial charge is 0.251 e. The first kappa shape index (κ1) is 19.2. The summed E-state index contributed by atoms with van der Waals surface area (Å²) < 4.78 is 0. The van der Waals surface area contributed by atoms with E-state index in [9.17, 15) is 9.59 Å². The van der Waals surface area contributed by atoms with Crippen LogP contribution in [0.15, 0.2) is 60.7 Å². The summed E-state index contributed by atoms with van der Waals surface area (Å²) in [5.41, 5.74) is 1.35. The summed E-state index contributed by atoms with van der Waals surface area (Å²) >= 11 is 11.7. The molecule has 1 atom stereocenters. The lowest BCUT2D eigenvalue weighted by atomic mass is 10.0. The van der Waals surface area contributed by atoms with Gasteiger partial charge in [-0.2, -0.15) is 0 Å². The maximum absolute atomic E-state index is 12.2. The first-order valence-electron chi connectivity index (χ1n) is 8.45. The molecule has 0 saturated heterocycles. The van der Waals surface area contributed by atoms with Gasteiger partial charge in [-0.15, -0.1) is 0 Å². The Morgan fingerprint density at radius 2 is 1.67 bits per heavy atom.